The van der Waals surface area contributed by atoms with Crippen molar-refractivity contribution in [2.75, 3.05) is 0 Å². The third-order valence-corrected chi connectivity index (χ3v) is 12.2. The van der Waals surface area contributed by atoms with Crippen LogP contribution in [0.2, 0.25) is 0 Å². The van der Waals surface area contributed by atoms with E-state index in [2.05, 4.69) is 257 Å². The molecule has 7 rings (SSSR count). The van der Waals surface area contributed by atoms with Crippen LogP contribution in [0.1, 0.15) is 305 Å². The molecule has 0 aromatic carbocycles. The molecule has 11 heteroatoms. The van der Waals surface area contributed by atoms with Crippen LogP contribution >= 0.6 is 0 Å². The molecule has 0 amide bonds. The Balaban J connectivity index is 0.000000310. The van der Waals surface area contributed by atoms with E-state index in [1.54, 1.807) is 0 Å². The maximum Gasteiger partial charge on any atom is 0.229 e. The summed E-state index contributed by atoms with van der Waals surface area (Å²) in [6, 6.07) is 19.1. The Kier molecular flexibility index (Phi) is 28.3. The van der Waals surface area contributed by atoms with Crippen LogP contribution in [0.4, 0.5) is 0 Å². The Labute approximate surface area is 454 Å². The van der Waals surface area contributed by atoms with Crippen molar-refractivity contribution < 1.29 is 4.52 Å². The van der Waals surface area contributed by atoms with Crippen LogP contribution in [0.3, 0.4) is 0 Å². The van der Waals surface area contributed by atoms with E-state index in [0.717, 1.165) is 45.7 Å². The van der Waals surface area contributed by atoms with Gasteiger partial charge < -0.3 is 4.52 Å². The topological polar surface area (TPSA) is 142 Å². The lowest BCUT2D eigenvalue weighted by atomic mass is 10.0. The van der Waals surface area contributed by atoms with Crippen LogP contribution in [0.25, 0.3) is 11.0 Å². The highest BCUT2D eigenvalue weighted by Gasteiger charge is 2.12. The van der Waals surface area contributed by atoms with E-state index in [9.17, 15) is 0 Å². The quantitative estimate of drug-likeness (QED) is 0.115. The molecule has 410 valence electrons. The minimum absolute atomic E-state index is 0.329. The van der Waals surface area contributed by atoms with E-state index in [4.69, 9.17) is 4.52 Å². The Bertz CT molecular complexity index is 2210. The lowest BCUT2D eigenvalue weighted by Crippen LogP contribution is -1.99. The molecule has 0 saturated carbocycles. The van der Waals surface area contributed by atoms with Crippen LogP contribution in [0.15, 0.2) is 90.1 Å². The molecule has 7 aromatic heterocycles. The second-order valence-electron chi connectivity index (χ2n) is 23.2. The molecule has 0 spiro atoms. The molecule has 0 saturated heterocycles. The molecule has 0 aliphatic carbocycles. The van der Waals surface area contributed by atoms with E-state index in [1.165, 1.54) is 33.6 Å². The van der Waals surface area contributed by atoms with Crippen molar-refractivity contribution >= 4 is 11.0 Å². The number of pyridine rings is 4. The lowest BCUT2D eigenvalue weighted by Gasteiger charge is -2.08. The molecule has 0 aliphatic heterocycles. The van der Waals surface area contributed by atoms with Gasteiger partial charge in [0.25, 0.3) is 0 Å². The van der Waals surface area contributed by atoms with Gasteiger partial charge in [-0.3, -0.25) is 9.97 Å². The maximum absolute atomic E-state index is 5.03. The summed E-state index contributed by atoms with van der Waals surface area (Å²) in [5.41, 5.74) is 11.6. The SMILES string of the molecule is CC(C)c1ccc(C(C)C)nc1.CC(C)c1ccc(C(C)C)nc1.CC(C)c1ccc(C(C)C)nn1.CC(C)c1cnc(C(C)C)nc1.CC(C)c1cnc2nc(C(C)C)ccc2c1.CC(C)c1noc(C(C)C)n1. The van der Waals surface area contributed by atoms with Crippen molar-refractivity contribution in [3.63, 3.8) is 0 Å². The number of nitrogens with zero attached hydrogens (tertiary/aromatic N) is 10. The standard InChI is InChI=1S/C14H18N2.2C11H17N.2C10H16N2.C8H14N2O/c1-9(2)12-7-11-5-6-13(10(3)4)16-14(11)15-8-12;2*1-8(2)10-5-6-11(9(3)4)12-7-10;1-7(2)9-5-11-10(8(3)4)12-6-9;1-7(2)9-5-6-10(8(3)4)12-11-9;1-5(2)7-9-8(6(3)4)11-10-7/h5-10H,1-4H3;2*5-9H,1-4H3;2*5-8H,1-4H3;5-6H,1-4H3. The fourth-order valence-electron chi connectivity index (χ4n) is 6.51. The first-order valence-electron chi connectivity index (χ1n) is 27.8. The van der Waals surface area contributed by atoms with E-state index in [-0.39, 0.29) is 0 Å². The van der Waals surface area contributed by atoms with E-state index < -0.39 is 0 Å². The molecular formula is C64H98N10O. The minimum Gasteiger partial charge on any atom is -0.339 e. The first-order valence-corrected chi connectivity index (χ1v) is 27.8. The monoisotopic (exact) mass is 1020 g/mol. The van der Waals surface area contributed by atoms with Gasteiger partial charge in [0.2, 0.25) is 5.89 Å². The van der Waals surface area contributed by atoms with Gasteiger partial charge in [0.1, 0.15) is 5.82 Å². The zero-order valence-electron chi connectivity index (χ0n) is 50.9. The predicted octanol–water partition coefficient (Wildman–Crippen LogP) is 18.3. The first-order chi connectivity index (χ1) is 35.1. The van der Waals surface area contributed by atoms with Crippen LogP contribution < -0.4 is 0 Å². The number of hydrogen-bond donors (Lipinski definition) is 0. The second kappa shape index (κ2) is 32.6. The van der Waals surface area contributed by atoms with Gasteiger partial charge >= 0.3 is 0 Å². The third-order valence-electron chi connectivity index (χ3n) is 12.2. The second-order valence-corrected chi connectivity index (χ2v) is 23.2. The van der Waals surface area contributed by atoms with Crippen molar-refractivity contribution in [3.05, 3.63) is 154 Å². The van der Waals surface area contributed by atoms with Gasteiger partial charge in [-0.2, -0.15) is 15.2 Å². The van der Waals surface area contributed by atoms with Crippen LogP contribution in [0.5, 0.6) is 0 Å². The average Bonchev–Trinajstić information content (AvgIpc) is 3.89. The summed E-state index contributed by atoms with van der Waals surface area (Å²) < 4.78 is 5.03. The molecule has 0 bridgehead atoms. The molecule has 7 aromatic rings. The lowest BCUT2D eigenvalue weighted by molar-refractivity contribution is 0.359. The number of fused-ring (bicyclic) bond motifs is 1. The molecule has 7 heterocycles. The van der Waals surface area contributed by atoms with Gasteiger partial charge in [-0.05, 0) is 118 Å². The Morgan fingerprint density at radius 3 is 0.973 bits per heavy atom. The van der Waals surface area contributed by atoms with Crippen LogP contribution in [-0.2, 0) is 0 Å². The molecule has 0 radical (unpaired) electrons. The van der Waals surface area contributed by atoms with Gasteiger partial charge in [-0.15, -0.1) is 0 Å². The largest absolute Gasteiger partial charge is 0.339 e. The fraction of sp³-hybridized carbons (Fsp3) is 0.562. The van der Waals surface area contributed by atoms with Crippen molar-refractivity contribution in [1.29, 1.82) is 0 Å². The third kappa shape index (κ3) is 23.3. The Morgan fingerprint density at radius 1 is 0.293 bits per heavy atom. The summed E-state index contributed by atoms with van der Waals surface area (Å²) in [5.74, 6) is 8.23. The molecule has 0 aliphatic rings. The Morgan fingerprint density at radius 2 is 0.667 bits per heavy atom. The number of hydrogen-bond acceptors (Lipinski definition) is 11. The minimum atomic E-state index is 0.329. The summed E-state index contributed by atoms with van der Waals surface area (Å²) in [7, 11) is 0. The normalized spacial score (nSPS) is 11.3. The summed E-state index contributed by atoms with van der Waals surface area (Å²) in [5, 5.41) is 13.3. The van der Waals surface area contributed by atoms with E-state index in [0.29, 0.717) is 71.0 Å². The highest BCUT2D eigenvalue weighted by molar-refractivity contribution is 5.75. The molecule has 11 nitrogen and oxygen atoms in total. The van der Waals surface area contributed by atoms with E-state index >= 15 is 0 Å². The number of aromatic nitrogens is 10. The zero-order chi connectivity index (χ0) is 56.7. The van der Waals surface area contributed by atoms with Crippen LogP contribution in [-0.4, -0.2) is 50.2 Å². The first kappa shape index (κ1) is 65.3. The highest BCUT2D eigenvalue weighted by Crippen LogP contribution is 2.22. The maximum atomic E-state index is 5.03. The number of rotatable bonds is 12. The smallest absolute Gasteiger partial charge is 0.229 e. The molecule has 0 unspecified atom stereocenters. The molecular weight excluding hydrogens is 925 g/mol. The average molecular weight is 1020 g/mol. The van der Waals surface area contributed by atoms with E-state index in [1.807, 2.05) is 44.8 Å². The molecule has 0 fully saturated rings. The fourth-order valence-corrected chi connectivity index (χ4v) is 6.51. The summed E-state index contributed by atoms with van der Waals surface area (Å²) in [6.45, 7) is 51.2. The summed E-state index contributed by atoms with van der Waals surface area (Å²) >= 11 is 0. The molecule has 0 N–H and O–H groups in total. The van der Waals surface area contributed by atoms with Crippen molar-refractivity contribution in [1.82, 2.24) is 50.2 Å². The van der Waals surface area contributed by atoms with Gasteiger partial charge in [-0.25, -0.2) is 19.9 Å². The molecule has 75 heavy (non-hydrogen) atoms. The van der Waals surface area contributed by atoms with Crippen molar-refractivity contribution in [3.8, 4) is 0 Å². The van der Waals surface area contributed by atoms with Gasteiger partial charge in [-0.1, -0.05) is 183 Å². The summed E-state index contributed by atoms with van der Waals surface area (Å²) in [6.07, 6.45) is 9.75. The molecule has 0 atom stereocenters. The Hall–Kier alpha value is -5.84. The predicted molar refractivity (Wildman–Crippen MR) is 315 cm³/mol. The van der Waals surface area contributed by atoms with Crippen molar-refractivity contribution in [2.45, 2.75) is 237 Å². The van der Waals surface area contributed by atoms with Gasteiger partial charge in [0, 0.05) is 71.2 Å². The van der Waals surface area contributed by atoms with Gasteiger partial charge in [0.05, 0.1) is 11.4 Å². The van der Waals surface area contributed by atoms with Crippen LogP contribution in [0, 0.1) is 0 Å². The van der Waals surface area contributed by atoms with Crippen molar-refractivity contribution in [2.24, 2.45) is 0 Å². The summed E-state index contributed by atoms with van der Waals surface area (Å²) in [4.78, 5) is 30.6. The highest BCUT2D eigenvalue weighted by atomic mass is 16.5. The zero-order valence-corrected chi connectivity index (χ0v) is 50.9. The van der Waals surface area contributed by atoms with Gasteiger partial charge in [0.15, 0.2) is 11.5 Å².